The Labute approximate surface area is 152 Å². The summed E-state index contributed by atoms with van der Waals surface area (Å²) in [7, 11) is 0. The molecule has 26 heavy (non-hydrogen) atoms. The molecule has 0 unspecified atom stereocenters. The minimum Gasteiger partial charge on any atom is -0.389 e. The van der Waals surface area contributed by atoms with Gasteiger partial charge in [0.25, 0.3) is 5.91 Å². The number of carbonyl (C=O) groups is 1. The van der Waals surface area contributed by atoms with E-state index in [1.165, 1.54) is 0 Å². The number of anilines is 1. The molecule has 134 valence electrons. The van der Waals surface area contributed by atoms with Gasteiger partial charge in [-0.25, -0.2) is 4.98 Å². The van der Waals surface area contributed by atoms with Gasteiger partial charge in [0.05, 0.1) is 17.7 Å². The molecule has 1 fully saturated rings. The van der Waals surface area contributed by atoms with Gasteiger partial charge in [0, 0.05) is 25.0 Å². The standard InChI is InChI=1S/C19H21N5O2/c1-12-9-13(2)22-18(14(12)10-20)23-15-6-8-24(11-17(15)25)19(26)16-5-3-4-7-21-16/h3-5,7,9,15,17,25H,6,8,11H2,1-2H3,(H,22,23)/t15-,17-/m1/s1. The molecule has 3 rings (SSSR count). The number of aliphatic hydroxyl groups excluding tert-OH is 1. The van der Waals surface area contributed by atoms with Crippen LogP contribution in [0.1, 0.15) is 33.7 Å². The zero-order valence-electron chi connectivity index (χ0n) is 14.8. The number of aliphatic hydroxyl groups is 1. The van der Waals surface area contributed by atoms with Crippen LogP contribution in [-0.2, 0) is 0 Å². The van der Waals surface area contributed by atoms with Gasteiger partial charge in [-0.3, -0.25) is 9.78 Å². The summed E-state index contributed by atoms with van der Waals surface area (Å²) < 4.78 is 0. The molecule has 1 saturated heterocycles. The van der Waals surface area contributed by atoms with E-state index < -0.39 is 6.10 Å². The molecule has 0 saturated carbocycles. The second-order valence-corrected chi connectivity index (χ2v) is 6.49. The van der Waals surface area contributed by atoms with Crippen LogP contribution in [0.2, 0.25) is 0 Å². The van der Waals surface area contributed by atoms with E-state index >= 15 is 0 Å². The van der Waals surface area contributed by atoms with Crippen molar-refractivity contribution in [1.82, 2.24) is 14.9 Å². The monoisotopic (exact) mass is 351 g/mol. The Bertz CT molecular complexity index is 847. The van der Waals surface area contributed by atoms with Crippen LogP contribution in [0, 0.1) is 25.2 Å². The Morgan fingerprint density at radius 3 is 2.88 bits per heavy atom. The van der Waals surface area contributed by atoms with Crippen LogP contribution in [0.25, 0.3) is 0 Å². The largest absolute Gasteiger partial charge is 0.389 e. The number of hydrogen-bond acceptors (Lipinski definition) is 6. The third-order valence-corrected chi connectivity index (χ3v) is 4.53. The number of nitrogens with zero attached hydrogens (tertiary/aromatic N) is 4. The van der Waals surface area contributed by atoms with E-state index in [0.717, 1.165) is 11.3 Å². The molecule has 3 heterocycles. The maximum atomic E-state index is 12.5. The van der Waals surface area contributed by atoms with Crippen LogP contribution < -0.4 is 5.32 Å². The van der Waals surface area contributed by atoms with E-state index in [2.05, 4.69) is 21.4 Å². The van der Waals surface area contributed by atoms with E-state index in [4.69, 9.17) is 0 Å². The van der Waals surface area contributed by atoms with Gasteiger partial charge >= 0.3 is 0 Å². The molecule has 1 aliphatic heterocycles. The Kier molecular flexibility index (Phi) is 5.14. The summed E-state index contributed by atoms with van der Waals surface area (Å²) >= 11 is 0. The van der Waals surface area contributed by atoms with Crippen LogP contribution in [0.15, 0.2) is 30.5 Å². The van der Waals surface area contributed by atoms with Gasteiger partial charge in [-0.15, -0.1) is 0 Å². The number of hydrogen-bond donors (Lipinski definition) is 2. The first-order chi connectivity index (χ1) is 12.5. The molecule has 0 radical (unpaired) electrons. The summed E-state index contributed by atoms with van der Waals surface area (Å²) in [5.74, 6) is 0.295. The molecule has 7 nitrogen and oxygen atoms in total. The van der Waals surface area contributed by atoms with E-state index in [-0.39, 0.29) is 18.5 Å². The number of pyridine rings is 2. The molecular weight excluding hydrogens is 330 g/mol. The third kappa shape index (κ3) is 3.65. The molecule has 1 amide bonds. The number of piperidine rings is 1. The van der Waals surface area contributed by atoms with Crippen molar-refractivity contribution in [3.63, 3.8) is 0 Å². The summed E-state index contributed by atoms with van der Waals surface area (Å²) in [4.78, 5) is 22.6. The highest BCUT2D eigenvalue weighted by Gasteiger charge is 2.31. The fraction of sp³-hybridized carbons (Fsp3) is 0.368. The van der Waals surface area contributed by atoms with Crippen molar-refractivity contribution in [3.8, 4) is 6.07 Å². The van der Waals surface area contributed by atoms with Crippen LogP contribution in [0.3, 0.4) is 0 Å². The maximum Gasteiger partial charge on any atom is 0.272 e. The number of nitriles is 1. The molecule has 0 bridgehead atoms. The average Bonchev–Trinajstić information content (AvgIpc) is 2.63. The minimum atomic E-state index is -0.759. The average molecular weight is 351 g/mol. The van der Waals surface area contributed by atoms with Crippen molar-refractivity contribution in [2.24, 2.45) is 0 Å². The minimum absolute atomic E-state index is 0.190. The second-order valence-electron chi connectivity index (χ2n) is 6.49. The van der Waals surface area contributed by atoms with E-state index in [1.807, 2.05) is 19.9 Å². The number of rotatable bonds is 3. The van der Waals surface area contributed by atoms with Crippen molar-refractivity contribution >= 4 is 11.7 Å². The second kappa shape index (κ2) is 7.50. The highest BCUT2D eigenvalue weighted by atomic mass is 16.3. The summed E-state index contributed by atoms with van der Waals surface area (Å²) in [5, 5.41) is 23.1. The van der Waals surface area contributed by atoms with Crippen LogP contribution in [0.5, 0.6) is 0 Å². The Hall–Kier alpha value is -2.98. The van der Waals surface area contributed by atoms with Gasteiger partial charge in [-0.1, -0.05) is 6.07 Å². The zero-order chi connectivity index (χ0) is 18.7. The van der Waals surface area contributed by atoms with Gasteiger partial charge in [-0.05, 0) is 44.0 Å². The van der Waals surface area contributed by atoms with Gasteiger partial charge in [0.2, 0.25) is 0 Å². The Morgan fingerprint density at radius 1 is 1.42 bits per heavy atom. The lowest BCUT2D eigenvalue weighted by Crippen LogP contribution is -2.52. The van der Waals surface area contributed by atoms with Crippen molar-refractivity contribution in [2.75, 3.05) is 18.4 Å². The topological polar surface area (TPSA) is 102 Å². The first-order valence-corrected chi connectivity index (χ1v) is 8.53. The fourth-order valence-corrected chi connectivity index (χ4v) is 3.19. The first kappa shape index (κ1) is 17.8. The summed E-state index contributed by atoms with van der Waals surface area (Å²) in [6.45, 7) is 4.43. The van der Waals surface area contributed by atoms with E-state index in [9.17, 15) is 15.2 Å². The van der Waals surface area contributed by atoms with E-state index in [0.29, 0.717) is 30.0 Å². The summed E-state index contributed by atoms with van der Waals surface area (Å²) in [6, 6.07) is 8.93. The van der Waals surface area contributed by atoms with Crippen molar-refractivity contribution < 1.29 is 9.90 Å². The van der Waals surface area contributed by atoms with Gasteiger partial charge in [0.1, 0.15) is 17.6 Å². The SMILES string of the molecule is Cc1cc(C)c(C#N)c(N[C@@H]2CCN(C(=O)c3ccccn3)C[C@H]2O)n1. The molecule has 2 N–H and O–H groups in total. The van der Waals surface area contributed by atoms with Crippen molar-refractivity contribution in [3.05, 3.63) is 53.0 Å². The zero-order valence-corrected chi connectivity index (χ0v) is 14.8. The van der Waals surface area contributed by atoms with Gasteiger partial charge in [-0.2, -0.15) is 5.26 Å². The Morgan fingerprint density at radius 2 is 2.23 bits per heavy atom. The number of amides is 1. The predicted molar refractivity (Wildman–Crippen MR) is 96.6 cm³/mol. The summed E-state index contributed by atoms with van der Waals surface area (Å²) in [5.41, 5.74) is 2.50. The molecule has 7 heteroatoms. The number of aryl methyl sites for hydroxylation is 2. The van der Waals surface area contributed by atoms with Crippen molar-refractivity contribution in [2.45, 2.75) is 32.4 Å². The van der Waals surface area contributed by atoms with E-state index in [1.54, 1.807) is 29.3 Å². The molecule has 0 spiro atoms. The van der Waals surface area contributed by atoms with Crippen molar-refractivity contribution in [1.29, 1.82) is 5.26 Å². The first-order valence-electron chi connectivity index (χ1n) is 8.53. The van der Waals surface area contributed by atoms with Crippen LogP contribution >= 0.6 is 0 Å². The van der Waals surface area contributed by atoms with Gasteiger partial charge < -0.3 is 15.3 Å². The third-order valence-electron chi connectivity index (χ3n) is 4.53. The highest BCUT2D eigenvalue weighted by molar-refractivity contribution is 5.92. The number of aromatic nitrogens is 2. The van der Waals surface area contributed by atoms with Gasteiger partial charge in [0.15, 0.2) is 0 Å². The smallest absolute Gasteiger partial charge is 0.272 e. The molecule has 2 aromatic rings. The fourth-order valence-electron chi connectivity index (χ4n) is 3.19. The van der Waals surface area contributed by atoms with Crippen LogP contribution in [-0.4, -0.2) is 51.1 Å². The number of β-amino-alcohol motifs (C(OH)–C–C–N with tert-alkyl or cyclic N) is 1. The molecule has 2 atom stereocenters. The highest BCUT2D eigenvalue weighted by Crippen LogP contribution is 2.22. The number of likely N-dealkylation sites (tertiary alicyclic amines) is 1. The summed E-state index contributed by atoms with van der Waals surface area (Å²) in [6.07, 6.45) is 1.37. The molecule has 1 aliphatic rings. The number of carbonyl (C=O) groups excluding carboxylic acids is 1. The molecular formula is C19H21N5O2. The number of nitrogens with one attached hydrogen (secondary N) is 1. The maximum absolute atomic E-state index is 12.5. The lowest BCUT2D eigenvalue weighted by Gasteiger charge is -2.36. The predicted octanol–water partition coefficient (Wildman–Crippen LogP) is 1.65. The quantitative estimate of drug-likeness (QED) is 0.872. The lowest BCUT2D eigenvalue weighted by molar-refractivity contribution is 0.0421. The molecule has 0 aliphatic carbocycles. The Balaban J connectivity index is 1.71. The molecule has 2 aromatic heterocycles. The normalized spacial score (nSPS) is 19.7. The lowest BCUT2D eigenvalue weighted by atomic mass is 10.0. The van der Waals surface area contributed by atoms with Crippen LogP contribution in [0.4, 0.5) is 5.82 Å². The molecule has 0 aromatic carbocycles.